The molecular weight excluding hydrogens is 343 g/mol. The number of fused-ring (bicyclic) bond motifs is 1. The smallest absolute Gasteiger partial charge is 0.165 e. The van der Waals surface area contributed by atoms with Crippen molar-refractivity contribution in [2.45, 2.75) is 18.9 Å². The van der Waals surface area contributed by atoms with Gasteiger partial charge >= 0.3 is 0 Å². The van der Waals surface area contributed by atoms with Gasteiger partial charge in [-0.2, -0.15) is 0 Å². The Kier molecular flexibility index (Phi) is 4.99. The summed E-state index contributed by atoms with van der Waals surface area (Å²) in [5.41, 5.74) is 2.78. The molecule has 0 amide bonds. The lowest BCUT2D eigenvalue weighted by Crippen LogP contribution is -2.41. The Hall–Kier alpha value is -2.60. The summed E-state index contributed by atoms with van der Waals surface area (Å²) >= 11 is 0. The van der Waals surface area contributed by atoms with Gasteiger partial charge in [0.25, 0.3) is 0 Å². The van der Waals surface area contributed by atoms with Crippen molar-refractivity contribution in [2.24, 2.45) is 4.99 Å². The van der Waals surface area contributed by atoms with Crippen LogP contribution in [0.4, 0.5) is 4.39 Å². The topological polar surface area (TPSA) is 40.1 Å². The molecule has 0 atom stereocenters. The minimum atomic E-state index is -0.370. The lowest BCUT2D eigenvalue weighted by molar-refractivity contribution is 0.250. The van der Waals surface area contributed by atoms with Gasteiger partial charge in [-0.25, -0.2) is 9.38 Å². The lowest BCUT2D eigenvalue weighted by Gasteiger charge is -2.36. The third kappa shape index (κ3) is 3.62. The Morgan fingerprint density at radius 2 is 2.04 bits per heavy atom. The van der Waals surface area contributed by atoms with Crippen LogP contribution in [0, 0.1) is 5.82 Å². The SMILES string of the molecule is CNC1CCN(C2=CN3CC=C(c4ccc(OC)c(F)c4)N=C3C=C2)CC1. The average Bonchev–Trinajstić information content (AvgIpc) is 2.73. The fourth-order valence-electron chi connectivity index (χ4n) is 3.75. The van der Waals surface area contributed by atoms with E-state index in [1.165, 1.54) is 18.9 Å². The number of rotatable bonds is 4. The predicted molar refractivity (Wildman–Crippen MR) is 106 cm³/mol. The van der Waals surface area contributed by atoms with Crippen molar-refractivity contribution in [1.82, 2.24) is 15.1 Å². The number of likely N-dealkylation sites (tertiary alicyclic amines) is 1. The first kappa shape index (κ1) is 17.8. The van der Waals surface area contributed by atoms with Crippen molar-refractivity contribution in [3.8, 4) is 5.75 Å². The molecule has 0 aromatic heterocycles. The Labute approximate surface area is 159 Å². The molecular formula is C21H25FN4O. The summed E-state index contributed by atoms with van der Waals surface area (Å²) in [5.74, 6) is 0.763. The van der Waals surface area contributed by atoms with Crippen molar-refractivity contribution in [1.29, 1.82) is 0 Å². The molecule has 1 fully saturated rings. The average molecular weight is 368 g/mol. The number of hydrogen-bond acceptors (Lipinski definition) is 5. The van der Waals surface area contributed by atoms with E-state index in [1.807, 2.05) is 25.3 Å². The number of halogens is 1. The molecule has 1 N–H and O–H groups in total. The first-order valence-corrected chi connectivity index (χ1v) is 9.39. The van der Waals surface area contributed by atoms with E-state index in [2.05, 4.69) is 27.4 Å². The highest BCUT2D eigenvalue weighted by Gasteiger charge is 2.23. The Morgan fingerprint density at radius 3 is 2.74 bits per heavy atom. The van der Waals surface area contributed by atoms with Crippen LogP contribution >= 0.6 is 0 Å². The Morgan fingerprint density at radius 1 is 1.22 bits per heavy atom. The maximum Gasteiger partial charge on any atom is 0.165 e. The second-order valence-electron chi connectivity index (χ2n) is 7.00. The molecule has 3 aliphatic rings. The number of piperidine rings is 1. The number of nitrogens with zero attached hydrogens (tertiary/aromatic N) is 3. The zero-order valence-corrected chi connectivity index (χ0v) is 15.8. The van der Waals surface area contributed by atoms with Crippen LogP contribution in [0.1, 0.15) is 18.4 Å². The molecule has 0 aliphatic carbocycles. The molecule has 5 nitrogen and oxygen atoms in total. The summed E-state index contributed by atoms with van der Waals surface area (Å²) in [4.78, 5) is 9.28. The molecule has 3 heterocycles. The third-order valence-electron chi connectivity index (χ3n) is 5.42. The molecule has 3 aliphatic heterocycles. The summed E-state index contributed by atoms with van der Waals surface area (Å²) in [6.07, 6.45) is 10.7. The quantitative estimate of drug-likeness (QED) is 0.887. The van der Waals surface area contributed by atoms with Gasteiger partial charge in [0.15, 0.2) is 11.6 Å². The molecule has 0 saturated carbocycles. The number of aliphatic imine (C=N–C) groups is 1. The highest BCUT2D eigenvalue weighted by molar-refractivity contribution is 6.00. The third-order valence-corrected chi connectivity index (χ3v) is 5.42. The van der Waals surface area contributed by atoms with Crippen LogP contribution in [0.25, 0.3) is 5.70 Å². The molecule has 27 heavy (non-hydrogen) atoms. The van der Waals surface area contributed by atoms with Crippen molar-refractivity contribution in [2.75, 3.05) is 33.8 Å². The number of allylic oxidation sites excluding steroid dienone is 1. The van der Waals surface area contributed by atoms with Gasteiger partial charge in [-0.3, -0.25) is 0 Å². The molecule has 6 heteroatoms. The summed E-state index contributed by atoms with van der Waals surface area (Å²) < 4.78 is 19.0. The van der Waals surface area contributed by atoms with Crippen LogP contribution in [0.2, 0.25) is 0 Å². The number of nitrogens with one attached hydrogen (secondary N) is 1. The van der Waals surface area contributed by atoms with Gasteiger partial charge in [-0.1, -0.05) is 0 Å². The van der Waals surface area contributed by atoms with Crippen LogP contribution in [-0.2, 0) is 0 Å². The largest absolute Gasteiger partial charge is 0.494 e. The molecule has 1 aromatic carbocycles. The molecule has 0 unspecified atom stereocenters. The van der Waals surface area contributed by atoms with Crippen molar-refractivity contribution in [3.05, 3.63) is 59.7 Å². The maximum atomic E-state index is 14.0. The van der Waals surface area contributed by atoms with Gasteiger partial charge in [0, 0.05) is 37.4 Å². The summed E-state index contributed by atoms with van der Waals surface area (Å²) in [7, 11) is 3.50. The highest BCUT2D eigenvalue weighted by atomic mass is 19.1. The minimum Gasteiger partial charge on any atom is -0.494 e. The van der Waals surface area contributed by atoms with Gasteiger partial charge in [0.1, 0.15) is 5.84 Å². The first-order chi connectivity index (χ1) is 13.2. The van der Waals surface area contributed by atoms with Gasteiger partial charge in [0.05, 0.1) is 18.5 Å². The number of amidine groups is 1. The fourth-order valence-corrected chi connectivity index (χ4v) is 3.75. The van der Waals surface area contributed by atoms with E-state index in [9.17, 15) is 4.39 Å². The maximum absolute atomic E-state index is 14.0. The summed E-state index contributed by atoms with van der Waals surface area (Å²) in [6.45, 7) is 2.85. The van der Waals surface area contributed by atoms with Crippen LogP contribution in [0.3, 0.4) is 0 Å². The minimum absolute atomic E-state index is 0.247. The van der Waals surface area contributed by atoms with E-state index in [0.717, 1.165) is 49.6 Å². The van der Waals surface area contributed by atoms with E-state index in [-0.39, 0.29) is 11.6 Å². The summed E-state index contributed by atoms with van der Waals surface area (Å²) in [6, 6.07) is 5.58. The van der Waals surface area contributed by atoms with Crippen LogP contribution in [-0.4, -0.2) is 55.5 Å². The zero-order chi connectivity index (χ0) is 18.8. The predicted octanol–water partition coefficient (Wildman–Crippen LogP) is 2.98. The number of methoxy groups -OCH3 is 1. The van der Waals surface area contributed by atoms with E-state index < -0.39 is 0 Å². The van der Waals surface area contributed by atoms with Gasteiger partial charge in [-0.15, -0.1) is 0 Å². The normalized spacial score (nSPS) is 20.0. The number of ether oxygens (including phenoxy) is 1. The molecule has 4 rings (SSSR count). The van der Waals surface area contributed by atoms with Gasteiger partial charge < -0.3 is 19.9 Å². The molecule has 1 aromatic rings. The van der Waals surface area contributed by atoms with E-state index in [4.69, 9.17) is 9.73 Å². The van der Waals surface area contributed by atoms with Crippen molar-refractivity contribution >= 4 is 11.5 Å². The molecule has 0 radical (unpaired) electrons. The molecule has 1 saturated heterocycles. The number of hydrogen-bond donors (Lipinski definition) is 1. The Bertz CT molecular complexity index is 835. The first-order valence-electron chi connectivity index (χ1n) is 9.39. The van der Waals surface area contributed by atoms with Crippen LogP contribution in [0.15, 0.2) is 53.3 Å². The highest BCUT2D eigenvalue weighted by Crippen LogP contribution is 2.27. The zero-order valence-electron chi connectivity index (χ0n) is 15.8. The Balaban J connectivity index is 1.48. The monoisotopic (exact) mass is 368 g/mol. The standard InChI is InChI=1S/C21H25FN4O/c1-23-16-7-10-25(11-8-16)17-4-6-21-24-19(9-12-26(21)14-17)15-3-5-20(27-2)18(22)13-15/h3-6,9,13-14,16,23H,7-8,10-12H2,1-2H3. The number of benzene rings is 1. The molecule has 142 valence electrons. The second-order valence-corrected chi connectivity index (χ2v) is 7.00. The van der Waals surface area contributed by atoms with Crippen LogP contribution in [0.5, 0.6) is 5.75 Å². The van der Waals surface area contributed by atoms with Gasteiger partial charge in [0.2, 0.25) is 0 Å². The fraction of sp³-hybridized carbons (Fsp3) is 0.381. The van der Waals surface area contributed by atoms with E-state index in [1.54, 1.807) is 6.07 Å². The van der Waals surface area contributed by atoms with Crippen LogP contribution < -0.4 is 10.1 Å². The van der Waals surface area contributed by atoms with Crippen molar-refractivity contribution in [3.63, 3.8) is 0 Å². The lowest BCUT2D eigenvalue weighted by atomic mass is 10.0. The van der Waals surface area contributed by atoms with Crippen molar-refractivity contribution < 1.29 is 9.13 Å². The second kappa shape index (κ2) is 7.56. The molecule has 0 spiro atoms. The van der Waals surface area contributed by atoms with Gasteiger partial charge in [-0.05, 0) is 56.3 Å². The van der Waals surface area contributed by atoms with E-state index >= 15 is 0 Å². The molecule has 0 bridgehead atoms. The summed E-state index contributed by atoms with van der Waals surface area (Å²) in [5, 5.41) is 3.37. The van der Waals surface area contributed by atoms with E-state index in [0.29, 0.717) is 6.04 Å².